The number of piperazine rings is 1. The number of likely N-dealkylation sites (N-methyl/N-ethyl adjacent to an activating group) is 1. The lowest BCUT2D eigenvalue weighted by Crippen LogP contribution is -2.45. The third-order valence-corrected chi connectivity index (χ3v) is 7.61. The summed E-state index contributed by atoms with van der Waals surface area (Å²) in [5.74, 6) is -0.676. The molecule has 4 rings (SSSR count). The molecule has 3 N–H and O–H groups in total. The second-order valence-corrected chi connectivity index (χ2v) is 10.8. The highest BCUT2D eigenvalue weighted by molar-refractivity contribution is 6.35. The number of rotatable bonds is 10. The van der Waals surface area contributed by atoms with E-state index in [1.54, 1.807) is 11.0 Å². The van der Waals surface area contributed by atoms with E-state index >= 15 is 0 Å². The molecule has 1 aromatic heterocycles. The third kappa shape index (κ3) is 8.91. The van der Waals surface area contributed by atoms with Gasteiger partial charge in [0.1, 0.15) is 10.8 Å². The van der Waals surface area contributed by atoms with Crippen molar-refractivity contribution in [2.24, 2.45) is 5.10 Å². The summed E-state index contributed by atoms with van der Waals surface area (Å²) in [7, 11) is 1.98. The quantitative estimate of drug-likeness (QED) is 0.146. The summed E-state index contributed by atoms with van der Waals surface area (Å²) in [5, 5.41) is 17.5. The summed E-state index contributed by atoms with van der Waals surface area (Å²) in [5.41, 5.74) is 2.89. The molecule has 2 fully saturated rings. The molecule has 0 aliphatic carbocycles. The van der Waals surface area contributed by atoms with Gasteiger partial charge in [-0.15, -0.1) is 0 Å². The zero-order valence-electron chi connectivity index (χ0n) is 24.5. The van der Waals surface area contributed by atoms with Crippen LogP contribution in [0.25, 0.3) is 0 Å². The Hall–Kier alpha value is -3.72. The van der Waals surface area contributed by atoms with Crippen molar-refractivity contribution in [1.29, 1.82) is 0 Å². The first-order valence-electron chi connectivity index (χ1n) is 13.9. The maximum absolute atomic E-state index is 14.3. The van der Waals surface area contributed by atoms with Crippen LogP contribution in [0.1, 0.15) is 12.5 Å². The fraction of sp³-hybridized carbons (Fsp3) is 0.414. The van der Waals surface area contributed by atoms with Gasteiger partial charge in [-0.25, -0.2) is 14.8 Å². The maximum atomic E-state index is 14.3. The zero-order chi connectivity index (χ0) is 31.9. The summed E-state index contributed by atoms with van der Waals surface area (Å²) in [6.07, 6.45) is 0.716. The number of morpholine rings is 1. The van der Waals surface area contributed by atoms with Crippen LogP contribution in [0, 0.1) is 5.82 Å². The van der Waals surface area contributed by atoms with Crippen LogP contribution in [0.2, 0.25) is 5.02 Å². The first-order valence-corrected chi connectivity index (χ1v) is 14.3. The lowest BCUT2D eigenvalue weighted by atomic mass is 10.1. The maximum Gasteiger partial charge on any atom is 0.412 e. The molecule has 3 heterocycles. The fourth-order valence-corrected chi connectivity index (χ4v) is 4.71. The number of anilines is 3. The number of alkyl halides is 3. The molecule has 44 heavy (non-hydrogen) atoms. The van der Waals surface area contributed by atoms with Gasteiger partial charge in [0.25, 0.3) is 0 Å². The van der Waals surface area contributed by atoms with E-state index in [0.29, 0.717) is 39.4 Å². The molecule has 0 saturated carbocycles. The minimum atomic E-state index is -4.46. The van der Waals surface area contributed by atoms with Crippen LogP contribution in [-0.2, 0) is 4.74 Å². The standard InChI is InChI=1S/C29H35ClF4N8O2/c1-19(4-5-22(20(2)29(32,33)34)18-41-10-8-40(3)9-11-41)37-24-7-6-21(26(43)25(24)30)16-36-39-28-35-17-23(31)27(38-28)42-12-14-44-15-13-42/h4-7,16-17,37,43H,1,8-15,18H2,2-3H3,(H,35,38,39)/b5-4-,22-20-,36-16+. The smallest absolute Gasteiger partial charge is 0.412 e. The number of phenols is 1. The number of phenolic OH excluding ortho intramolecular Hbond substituents is 1. The lowest BCUT2D eigenvalue weighted by Gasteiger charge is -2.33. The molecule has 10 nitrogen and oxygen atoms in total. The molecule has 0 bridgehead atoms. The highest BCUT2D eigenvalue weighted by atomic mass is 35.5. The van der Waals surface area contributed by atoms with Gasteiger partial charge in [-0.1, -0.05) is 24.3 Å². The van der Waals surface area contributed by atoms with Crippen LogP contribution in [0.5, 0.6) is 5.75 Å². The van der Waals surface area contributed by atoms with Crippen molar-refractivity contribution in [3.63, 3.8) is 0 Å². The van der Waals surface area contributed by atoms with E-state index in [-0.39, 0.29) is 51.6 Å². The lowest BCUT2D eigenvalue weighted by molar-refractivity contribution is -0.0922. The molecule has 0 unspecified atom stereocenters. The molecular formula is C29H35ClF4N8O2. The van der Waals surface area contributed by atoms with Gasteiger partial charge in [0, 0.05) is 62.6 Å². The molecule has 2 aromatic rings. The molecular weight excluding hydrogens is 604 g/mol. The SMILES string of the molecule is C=C(/C=C\C(CN1CCN(C)CC1)=C(/C)C(F)(F)F)Nc1ccc(/C=N/Nc2ncc(F)c(N3CCOCC3)n2)c(O)c1Cl. The first kappa shape index (κ1) is 33.2. The van der Waals surface area contributed by atoms with Gasteiger partial charge in [-0.3, -0.25) is 4.90 Å². The Kier molecular flexibility index (Phi) is 11.2. The van der Waals surface area contributed by atoms with Crippen molar-refractivity contribution in [3.05, 3.63) is 70.3 Å². The second kappa shape index (κ2) is 14.8. The molecule has 2 aliphatic heterocycles. The van der Waals surface area contributed by atoms with Gasteiger partial charge in [0.15, 0.2) is 11.6 Å². The van der Waals surface area contributed by atoms with Crippen molar-refractivity contribution in [2.45, 2.75) is 13.1 Å². The van der Waals surface area contributed by atoms with Gasteiger partial charge in [-0.05, 0) is 37.8 Å². The average Bonchev–Trinajstić information content (AvgIpc) is 3.00. The Bertz CT molecular complexity index is 1420. The Morgan fingerprint density at radius 2 is 1.86 bits per heavy atom. The van der Waals surface area contributed by atoms with E-state index in [2.05, 4.69) is 37.3 Å². The number of nitrogens with zero attached hydrogens (tertiary/aromatic N) is 6. The van der Waals surface area contributed by atoms with Crippen molar-refractivity contribution >= 4 is 35.3 Å². The number of nitrogens with one attached hydrogen (secondary N) is 2. The normalized spacial score (nSPS) is 17.8. The number of hydrogen-bond donors (Lipinski definition) is 3. The Morgan fingerprint density at radius 1 is 1.16 bits per heavy atom. The summed E-state index contributed by atoms with van der Waals surface area (Å²) in [4.78, 5) is 13.9. The number of hydrazone groups is 1. The Balaban J connectivity index is 1.40. The monoisotopic (exact) mass is 638 g/mol. The predicted octanol–water partition coefficient (Wildman–Crippen LogP) is 4.87. The van der Waals surface area contributed by atoms with E-state index in [1.807, 2.05) is 11.9 Å². The minimum Gasteiger partial charge on any atom is -0.506 e. The van der Waals surface area contributed by atoms with E-state index in [9.17, 15) is 22.7 Å². The molecule has 2 aliphatic rings. The molecule has 0 atom stereocenters. The molecule has 0 amide bonds. The molecule has 0 radical (unpaired) electrons. The van der Waals surface area contributed by atoms with Gasteiger partial charge in [-0.2, -0.15) is 23.3 Å². The molecule has 1 aromatic carbocycles. The number of hydrogen-bond acceptors (Lipinski definition) is 10. The number of benzene rings is 1. The molecule has 238 valence electrons. The van der Waals surface area contributed by atoms with Crippen molar-refractivity contribution in [1.82, 2.24) is 19.8 Å². The summed E-state index contributed by atoms with van der Waals surface area (Å²) >= 11 is 6.37. The fourth-order valence-electron chi connectivity index (χ4n) is 4.49. The van der Waals surface area contributed by atoms with Gasteiger partial charge in [0.05, 0.1) is 31.3 Å². The van der Waals surface area contributed by atoms with Crippen molar-refractivity contribution in [3.8, 4) is 5.75 Å². The van der Waals surface area contributed by atoms with Crippen LogP contribution in [0.4, 0.5) is 35.0 Å². The highest BCUT2D eigenvalue weighted by Gasteiger charge is 2.32. The van der Waals surface area contributed by atoms with Crippen LogP contribution in [-0.4, -0.2) is 103 Å². The number of aromatic hydroxyl groups is 1. The van der Waals surface area contributed by atoms with Crippen LogP contribution >= 0.6 is 11.6 Å². The molecule has 15 heteroatoms. The predicted molar refractivity (Wildman–Crippen MR) is 164 cm³/mol. The van der Waals surface area contributed by atoms with Crippen molar-refractivity contribution in [2.75, 3.05) is 81.7 Å². The summed E-state index contributed by atoms with van der Waals surface area (Å²) in [6.45, 7) is 9.92. The van der Waals surface area contributed by atoms with Gasteiger partial charge >= 0.3 is 6.18 Å². The topological polar surface area (TPSA) is 101 Å². The zero-order valence-corrected chi connectivity index (χ0v) is 25.2. The summed E-state index contributed by atoms with van der Waals surface area (Å²) < 4.78 is 60.3. The van der Waals surface area contributed by atoms with Crippen LogP contribution < -0.4 is 15.6 Å². The first-order chi connectivity index (χ1) is 20.9. The van der Waals surface area contributed by atoms with E-state index in [1.165, 1.54) is 24.4 Å². The van der Waals surface area contributed by atoms with E-state index in [4.69, 9.17) is 16.3 Å². The second-order valence-electron chi connectivity index (χ2n) is 10.4. The van der Waals surface area contributed by atoms with Gasteiger partial charge in [0.2, 0.25) is 5.95 Å². The molecule has 0 spiro atoms. The average molecular weight is 639 g/mol. The van der Waals surface area contributed by atoms with Gasteiger partial charge < -0.3 is 25.0 Å². The number of halogens is 5. The molecule has 2 saturated heterocycles. The van der Waals surface area contributed by atoms with Crippen LogP contribution in [0.15, 0.2) is 59.0 Å². The third-order valence-electron chi connectivity index (χ3n) is 7.23. The number of ether oxygens (including phenoxy) is 1. The Labute approximate surface area is 258 Å². The van der Waals surface area contributed by atoms with E-state index < -0.39 is 17.6 Å². The minimum absolute atomic E-state index is 0.0455. The summed E-state index contributed by atoms with van der Waals surface area (Å²) in [6, 6.07) is 3.10. The van der Waals surface area contributed by atoms with E-state index in [0.717, 1.165) is 26.2 Å². The largest absolute Gasteiger partial charge is 0.506 e. The van der Waals surface area contributed by atoms with Crippen LogP contribution in [0.3, 0.4) is 0 Å². The highest BCUT2D eigenvalue weighted by Crippen LogP contribution is 2.35. The number of aromatic nitrogens is 2. The van der Waals surface area contributed by atoms with Crippen molar-refractivity contribution < 1.29 is 27.4 Å². The Morgan fingerprint density at radius 3 is 2.55 bits per heavy atom. The number of allylic oxidation sites excluding steroid dienone is 2.